The lowest BCUT2D eigenvalue weighted by Crippen LogP contribution is -2.26. The second-order valence-electron chi connectivity index (χ2n) is 4.37. The molecule has 0 saturated heterocycles. The molecule has 2 aromatic rings. The van der Waals surface area contributed by atoms with Crippen molar-refractivity contribution < 1.29 is 8.42 Å². The number of terminal acetylenes is 2. The van der Waals surface area contributed by atoms with Crippen molar-refractivity contribution in [3.05, 3.63) is 59.7 Å². The molecule has 0 radical (unpaired) electrons. The summed E-state index contributed by atoms with van der Waals surface area (Å²) in [4.78, 5) is 0.123. The van der Waals surface area contributed by atoms with E-state index >= 15 is 0 Å². The van der Waals surface area contributed by atoms with Gasteiger partial charge in [0, 0.05) is 11.6 Å². The van der Waals surface area contributed by atoms with E-state index in [0.29, 0.717) is 11.3 Å². The number of hydrogen-bond donors (Lipinski definition) is 0. The Labute approximate surface area is 125 Å². The summed E-state index contributed by atoms with van der Waals surface area (Å²) in [5.41, 5.74) is 1.68. The molecule has 2 rings (SSSR count). The average Bonchev–Trinajstić information content (AvgIpc) is 2.48. The van der Waals surface area contributed by atoms with Gasteiger partial charge < -0.3 is 0 Å². The minimum atomic E-state index is -3.85. The third-order valence-electron chi connectivity index (χ3n) is 2.95. The zero-order chi connectivity index (χ0) is 15.5. The number of hydrogen-bond acceptors (Lipinski definition) is 2. The lowest BCUT2D eigenvalue weighted by molar-refractivity contribution is 0.596. The van der Waals surface area contributed by atoms with Crippen molar-refractivity contribution in [2.75, 3.05) is 4.31 Å². The van der Waals surface area contributed by atoms with Gasteiger partial charge in [-0.15, -0.1) is 6.42 Å². The molecule has 0 unspecified atom stereocenters. The average molecular weight is 295 g/mol. The van der Waals surface area contributed by atoms with Crippen molar-refractivity contribution in [2.45, 2.75) is 11.8 Å². The van der Waals surface area contributed by atoms with Gasteiger partial charge in [-0.25, -0.2) is 8.42 Å². The maximum atomic E-state index is 12.7. The van der Waals surface area contributed by atoms with Crippen molar-refractivity contribution in [3.63, 3.8) is 0 Å². The minimum Gasteiger partial charge on any atom is -0.200 e. The van der Waals surface area contributed by atoms with E-state index in [9.17, 15) is 8.42 Å². The van der Waals surface area contributed by atoms with E-state index in [1.54, 1.807) is 36.4 Å². The molecule has 0 aromatic heterocycles. The predicted octanol–water partition coefficient (Wildman–Crippen LogP) is 2.76. The lowest BCUT2D eigenvalue weighted by atomic mass is 10.2. The largest absolute Gasteiger partial charge is 0.275 e. The Bertz CT molecular complexity index is 838. The van der Waals surface area contributed by atoms with Gasteiger partial charge in [0.15, 0.2) is 0 Å². The van der Waals surface area contributed by atoms with E-state index in [4.69, 9.17) is 12.8 Å². The summed E-state index contributed by atoms with van der Waals surface area (Å²) in [6.45, 7) is 1.88. The van der Waals surface area contributed by atoms with Crippen molar-refractivity contribution >= 4 is 15.7 Å². The van der Waals surface area contributed by atoms with E-state index < -0.39 is 10.0 Å². The second kappa shape index (κ2) is 5.75. The number of nitrogens with zero attached hydrogens (tertiary/aromatic N) is 1. The van der Waals surface area contributed by atoms with Gasteiger partial charge in [0.1, 0.15) is 0 Å². The maximum absolute atomic E-state index is 12.7. The molecule has 0 aliphatic rings. The third kappa shape index (κ3) is 2.76. The van der Waals surface area contributed by atoms with Gasteiger partial charge in [-0.05, 0) is 31.2 Å². The van der Waals surface area contributed by atoms with Crippen LogP contribution >= 0.6 is 0 Å². The molecule has 0 saturated carbocycles. The molecule has 3 nitrogen and oxygen atoms in total. The van der Waals surface area contributed by atoms with Crippen LogP contribution < -0.4 is 4.31 Å². The topological polar surface area (TPSA) is 37.4 Å². The number of aryl methyl sites for hydroxylation is 1. The van der Waals surface area contributed by atoms with Crippen LogP contribution in [0.4, 0.5) is 5.69 Å². The van der Waals surface area contributed by atoms with E-state index in [-0.39, 0.29) is 4.90 Å². The Hall–Kier alpha value is -2.69. The standard InChI is InChI=1S/C17H13NO2S/c1-4-15-8-6-7-9-17(15)18(5-2)21(19,20)16-12-10-14(3)11-13-16/h1-2,6-13H,3H3. The SMILES string of the molecule is C#Cc1ccccc1N(C#C)S(=O)(=O)c1ccc(C)cc1. The fraction of sp³-hybridized carbons (Fsp3) is 0.0588. The Morgan fingerprint density at radius 3 is 2.19 bits per heavy atom. The zero-order valence-corrected chi connectivity index (χ0v) is 12.3. The number of anilines is 1. The smallest absolute Gasteiger partial charge is 0.200 e. The van der Waals surface area contributed by atoms with Crippen LogP contribution in [0.1, 0.15) is 11.1 Å². The second-order valence-corrected chi connectivity index (χ2v) is 6.16. The van der Waals surface area contributed by atoms with Gasteiger partial charge in [0.05, 0.1) is 10.6 Å². The molecule has 2 aromatic carbocycles. The van der Waals surface area contributed by atoms with Crippen LogP contribution in [0.25, 0.3) is 0 Å². The van der Waals surface area contributed by atoms with Crippen LogP contribution in [0, 0.1) is 31.7 Å². The Balaban J connectivity index is 2.59. The van der Waals surface area contributed by atoms with Crippen molar-refractivity contribution in [1.29, 1.82) is 0 Å². The maximum Gasteiger partial charge on any atom is 0.275 e. The molecular formula is C17H13NO2S. The quantitative estimate of drug-likeness (QED) is 0.645. The molecule has 21 heavy (non-hydrogen) atoms. The number of sulfonamides is 1. The van der Waals surface area contributed by atoms with Crippen LogP contribution in [0.3, 0.4) is 0 Å². The normalized spacial score (nSPS) is 10.4. The summed E-state index contributed by atoms with van der Waals surface area (Å²) in [5.74, 6) is 2.44. The Morgan fingerprint density at radius 2 is 1.62 bits per heavy atom. The molecule has 0 fully saturated rings. The molecular weight excluding hydrogens is 282 g/mol. The van der Waals surface area contributed by atoms with Crippen LogP contribution in [0.5, 0.6) is 0 Å². The molecule has 0 spiro atoms. The first-order chi connectivity index (χ1) is 10.0. The molecule has 0 aliphatic heterocycles. The predicted molar refractivity (Wildman–Crippen MR) is 84.1 cm³/mol. The van der Waals surface area contributed by atoms with Gasteiger partial charge in [-0.1, -0.05) is 42.2 Å². The summed E-state index contributed by atoms with van der Waals surface area (Å²) in [5, 5.41) is 0. The molecule has 0 heterocycles. The molecule has 4 heteroatoms. The molecule has 0 atom stereocenters. The van der Waals surface area contributed by atoms with Gasteiger partial charge in [0.2, 0.25) is 0 Å². The highest BCUT2D eigenvalue weighted by atomic mass is 32.2. The highest BCUT2D eigenvalue weighted by Gasteiger charge is 2.25. The van der Waals surface area contributed by atoms with Crippen LogP contribution in [0.15, 0.2) is 53.4 Å². The zero-order valence-electron chi connectivity index (χ0n) is 11.4. The highest BCUT2D eigenvalue weighted by Crippen LogP contribution is 2.26. The van der Waals surface area contributed by atoms with Crippen molar-refractivity contribution in [3.8, 4) is 24.8 Å². The third-order valence-corrected chi connectivity index (χ3v) is 4.61. The monoisotopic (exact) mass is 295 g/mol. The molecule has 104 valence electrons. The van der Waals surface area contributed by atoms with Gasteiger partial charge in [-0.3, -0.25) is 0 Å². The van der Waals surface area contributed by atoms with Crippen LogP contribution in [0.2, 0.25) is 0 Å². The van der Waals surface area contributed by atoms with E-state index in [1.807, 2.05) is 6.92 Å². The summed E-state index contributed by atoms with van der Waals surface area (Å²) in [7, 11) is -3.85. The van der Waals surface area contributed by atoms with Crippen LogP contribution in [-0.2, 0) is 10.0 Å². The lowest BCUT2D eigenvalue weighted by Gasteiger charge is -2.19. The van der Waals surface area contributed by atoms with Crippen LogP contribution in [-0.4, -0.2) is 8.42 Å². The molecule has 0 aliphatic carbocycles. The number of rotatable bonds is 3. The van der Waals surface area contributed by atoms with E-state index in [1.165, 1.54) is 12.1 Å². The van der Waals surface area contributed by atoms with Gasteiger partial charge in [0.25, 0.3) is 10.0 Å². The van der Waals surface area contributed by atoms with Gasteiger partial charge in [-0.2, -0.15) is 4.31 Å². The van der Waals surface area contributed by atoms with Crippen molar-refractivity contribution in [2.24, 2.45) is 0 Å². The highest BCUT2D eigenvalue weighted by molar-refractivity contribution is 7.93. The fourth-order valence-corrected chi connectivity index (χ4v) is 3.10. The number of benzene rings is 2. The summed E-state index contributed by atoms with van der Waals surface area (Å²) < 4.78 is 26.2. The summed E-state index contributed by atoms with van der Waals surface area (Å²) in [6, 6.07) is 15.3. The molecule has 0 amide bonds. The first-order valence-corrected chi connectivity index (χ1v) is 7.58. The Morgan fingerprint density at radius 1 is 1.00 bits per heavy atom. The van der Waals surface area contributed by atoms with Crippen molar-refractivity contribution in [1.82, 2.24) is 0 Å². The van der Waals surface area contributed by atoms with E-state index in [2.05, 4.69) is 12.0 Å². The summed E-state index contributed by atoms with van der Waals surface area (Å²) in [6.07, 6.45) is 10.8. The first kappa shape index (κ1) is 14.7. The molecule has 0 N–H and O–H groups in total. The minimum absolute atomic E-state index is 0.123. The van der Waals surface area contributed by atoms with E-state index in [0.717, 1.165) is 9.87 Å². The van der Waals surface area contributed by atoms with Gasteiger partial charge >= 0.3 is 0 Å². The molecule has 0 bridgehead atoms. The fourth-order valence-electron chi connectivity index (χ4n) is 1.86. The number of para-hydroxylation sites is 1. The Kier molecular flexibility index (Phi) is 4.03. The first-order valence-electron chi connectivity index (χ1n) is 6.14. The summed E-state index contributed by atoms with van der Waals surface area (Å²) >= 11 is 0.